The third-order valence-corrected chi connectivity index (χ3v) is 5.27. The second kappa shape index (κ2) is 9.60. The Morgan fingerprint density at radius 2 is 1.83 bits per heavy atom. The molecule has 0 saturated heterocycles. The molecule has 0 aliphatic heterocycles. The fraction of sp³-hybridized carbons (Fsp3) is 0.318. The molecular formula is C22H26N4O2S. The van der Waals surface area contributed by atoms with E-state index in [1.165, 1.54) is 11.8 Å². The van der Waals surface area contributed by atoms with Crippen molar-refractivity contribution in [2.24, 2.45) is 0 Å². The lowest BCUT2D eigenvalue weighted by Gasteiger charge is -2.10. The van der Waals surface area contributed by atoms with Gasteiger partial charge in [-0.15, -0.1) is 10.2 Å². The van der Waals surface area contributed by atoms with Crippen LogP contribution in [-0.2, 0) is 17.9 Å². The number of carbonyl (C=O) groups excluding carboxylic acids is 1. The molecule has 0 saturated carbocycles. The monoisotopic (exact) mass is 410 g/mol. The molecular weight excluding hydrogens is 384 g/mol. The van der Waals surface area contributed by atoms with Gasteiger partial charge >= 0.3 is 0 Å². The maximum atomic E-state index is 12.3. The van der Waals surface area contributed by atoms with Crippen LogP contribution in [-0.4, -0.2) is 26.4 Å². The summed E-state index contributed by atoms with van der Waals surface area (Å²) in [6.07, 6.45) is 0. The molecule has 2 aromatic carbocycles. The molecule has 0 radical (unpaired) electrons. The Morgan fingerprint density at radius 3 is 2.52 bits per heavy atom. The number of benzene rings is 2. The van der Waals surface area contributed by atoms with Gasteiger partial charge in [-0.25, -0.2) is 0 Å². The standard InChI is InChI=1S/C22H26N4O2S/c1-5-26-20(13-28-19-8-6-7-15(2)12-19)24-25-22(26)29-14-21(27)23-18-10-16(3)9-17(4)11-18/h6-12H,5,13-14H2,1-4H3,(H,23,27). The highest BCUT2D eigenvalue weighted by Gasteiger charge is 2.14. The second-order valence-electron chi connectivity index (χ2n) is 6.96. The van der Waals surface area contributed by atoms with Crippen LogP contribution < -0.4 is 10.1 Å². The van der Waals surface area contributed by atoms with Crippen LogP contribution >= 0.6 is 11.8 Å². The molecule has 0 atom stereocenters. The Balaban J connectivity index is 1.58. The molecule has 1 heterocycles. The molecule has 1 amide bonds. The summed E-state index contributed by atoms with van der Waals surface area (Å²) in [6, 6.07) is 13.9. The summed E-state index contributed by atoms with van der Waals surface area (Å²) in [7, 11) is 0. The molecule has 0 fully saturated rings. The molecule has 0 unspecified atom stereocenters. The average Bonchev–Trinajstić information content (AvgIpc) is 3.06. The molecule has 6 nitrogen and oxygen atoms in total. The van der Waals surface area contributed by atoms with Crippen LogP contribution in [0.15, 0.2) is 47.6 Å². The minimum Gasteiger partial charge on any atom is -0.486 e. The average molecular weight is 411 g/mol. The van der Waals surface area contributed by atoms with Crippen molar-refractivity contribution in [1.29, 1.82) is 0 Å². The number of aromatic nitrogens is 3. The zero-order chi connectivity index (χ0) is 20.8. The summed E-state index contributed by atoms with van der Waals surface area (Å²) >= 11 is 1.37. The van der Waals surface area contributed by atoms with Crippen LogP contribution in [0.25, 0.3) is 0 Å². The fourth-order valence-electron chi connectivity index (χ4n) is 3.08. The van der Waals surface area contributed by atoms with E-state index >= 15 is 0 Å². The number of nitrogens with one attached hydrogen (secondary N) is 1. The third kappa shape index (κ3) is 5.84. The summed E-state index contributed by atoms with van der Waals surface area (Å²) in [6.45, 7) is 9.13. The summed E-state index contributed by atoms with van der Waals surface area (Å²) in [5.74, 6) is 1.75. The molecule has 0 spiro atoms. The highest BCUT2D eigenvalue weighted by atomic mass is 32.2. The van der Waals surface area contributed by atoms with Gasteiger partial charge in [-0.3, -0.25) is 4.79 Å². The fourth-order valence-corrected chi connectivity index (χ4v) is 3.90. The van der Waals surface area contributed by atoms with Crippen molar-refractivity contribution in [2.45, 2.75) is 46.0 Å². The Labute approximate surface area is 175 Å². The molecule has 0 bridgehead atoms. The van der Waals surface area contributed by atoms with Crippen molar-refractivity contribution in [3.8, 4) is 5.75 Å². The third-order valence-electron chi connectivity index (χ3n) is 4.30. The highest BCUT2D eigenvalue weighted by Crippen LogP contribution is 2.20. The quantitative estimate of drug-likeness (QED) is 0.553. The predicted octanol–water partition coefficient (Wildman–Crippen LogP) is 4.53. The van der Waals surface area contributed by atoms with Gasteiger partial charge in [-0.2, -0.15) is 0 Å². The first-order valence-electron chi connectivity index (χ1n) is 9.57. The molecule has 1 aromatic heterocycles. The van der Waals surface area contributed by atoms with Crippen molar-refractivity contribution in [2.75, 3.05) is 11.1 Å². The number of aryl methyl sites for hydroxylation is 3. The summed E-state index contributed by atoms with van der Waals surface area (Å²) in [5, 5.41) is 12.1. The number of carbonyl (C=O) groups is 1. The first-order valence-corrected chi connectivity index (χ1v) is 10.6. The Morgan fingerprint density at radius 1 is 1.07 bits per heavy atom. The van der Waals surface area contributed by atoms with E-state index in [0.717, 1.165) is 34.0 Å². The van der Waals surface area contributed by atoms with Crippen molar-refractivity contribution in [3.05, 3.63) is 65.0 Å². The van der Waals surface area contributed by atoms with Gasteiger partial charge in [0.25, 0.3) is 0 Å². The highest BCUT2D eigenvalue weighted by molar-refractivity contribution is 7.99. The Kier molecular flexibility index (Phi) is 6.93. The van der Waals surface area contributed by atoms with Gasteiger partial charge in [0.1, 0.15) is 12.4 Å². The van der Waals surface area contributed by atoms with E-state index in [4.69, 9.17) is 4.74 Å². The van der Waals surface area contributed by atoms with Crippen molar-refractivity contribution in [1.82, 2.24) is 14.8 Å². The normalized spacial score (nSPS) is 10.8. The lowest BCUT2D eigenvalue weighted by atomic mass is 10.1. The minimum absolute atomic E-state index is 0.0665. The van der Waals surface area contributed by atoms with Crippen molar-refractivity contribution < 1.29 is 9.53 Å². The molecule has 1 N–H and O–H groups in total. The number of thioether (sulfide) groups is 1. The van der Waals surface area contributed by atoms with Gasteiger partial charge in [0.05, 0.1) is 5.75 Å². The largest absolute Gasteiger partial charge is 0.486 e. The van der Waals surface area contributed by atoms with Crippen LogP contribution in [0.3, 0.4) is 0 Å². The molecule has 3 rings (SSSR count). The molecule has 152 valence electrons. The molecule has 0 aliphatic rings. The number of rotatable bonds is 8. The minimum atomic E-state index is -0.0665. The van der Waals surface area contributed by atoms with Gasteiger partial charge in [0.2, 0.25) is 5.91 Å². The second-order valence-corrected chi connectivity index (χ2v) is 7.90. The van der Waals surface area contributed by atoms with E-state index < -0.39 is 0 Å². The lowest BCUT2D eigenvalue weighted by Crippen LogP contribution is -2.15. The Bertz CT molecular complexity index is 980. The van der Waals surface area contributed by atoms with E-state index in [2.05, 4.69) is 21.6 Å². The van der Waals surface area contributed by atoms with Crippen molar-refractivity contribution >= 4 is 23.4 Å². The SMILES string of the molecule is CCn1c(COc2cccc(C)c2)nnc1SCC(=O)Nc1cc(C)cc(C)c1. The van der Waals surface area contributed by atoms with E-state index in [1.807, 2.05) is 68.7 Å². The van der Waals surface area contributed by atoms with Crippen LogP contribution in [0.2, 0.25) is 0 Å². The van der Waals surface area contributed by atoms with Crippen LogP contribution in [0.5, 0.6) is 5.75 Å². The molecule has 0 aliphatic carbocycles. The van der Waals surface area contributed by atoms with E-state index in [9.17, 15) is 4.79 Å². The number of hydrogen-bond donors (Lipinski definition) is 1. The van der Waals surface area contributed by atoms with E-state index in [0.29, 0.717) is 18.3 Å². The van der Waals surface area contributed by atoms with Gasteiger partial charge in [-0.1, -0.05) is 30.0 Å². The van der Waals surface area contributed by atoms with E-state index in [1.54, 1.807) is 0 Å². The number of nitrogens with zero attached hydrogens (tertiary/aromatic N) is 3. The van der Waals surface area contributed by atoms with Gasteiger partial charge in [0.15, 0.2) is 11.0 Å². The first-order chi connectivity index (χ1) is 13.9. The topological polar surface area (TPSA) is 69.0 Å². The molecule has 7 heteroatoms. The summed E-state index contributed by atoms with van der Waals surface area (Å²) in [5.41, 5.74) is 4.21. The van der Waals surface area contributed by atoms with E-state index in [-0.39, 0.29) is 11.7 Å². The Hall–Kier alpha value is -2.80. The smallest absolute Gasteiger partial charge is 0.234 e. The van der Waals surface area contributed by atoms with Gasteiger partial charge in [-0.05, 0) is 68.7 Å². The lowest BCUT2D eigenvalue weighted by molar-refractivity contribution is -0.113. The van der Waals surface area contributed by atoms with Crippen LogP contribution in [0.1, 0.15) is 29.4 Å². The summed E-state index contributed by atoms with van der Waals surface area (Å²) < 4.78 is 7.82. The summed E-state index contributed by atoms with van der Waals surface area (Å²) in [4.78, 5) is 12.3. The molecule has 29 heavy (non-hydrogen) atoms. The number of ether oxygens (including phenoxy) is 1. The zero-order valence-electron chi connectivity index (χ0n) is 17.2. The van der Waals surface area contributed by atoms with Crippen LogP contribution in [0, 0.1) is 20.8 Å². The zero-order valence-corrected chi connectivity index (χ0v) is 18.0. The molecule has 3 aromatic rings. The maximum Gasteiger partial charge on any atom is 0.234 e. The number of anilines is 1. The van der Waals surface area contributed by atoms with Crippen LogP contribution in [0.4, 0.5) is 5.69 Å². The number of hydrogen-bond acceptors (Lipinski definition) is 5. The first kappa shape index (κ1) is 20.9. The van der Waals surface area contributed by atoms with Crippen molar-refractivity contribution in [3.63, 3.8) is 0 Å². The van der Waals surface area contributed by atoms with Gasteiger partial charge < -0.3 is 14.6 Å². The predicted molar refractivity (Wildman–Crippen MR) is 116 cm³/mol. The van der Waals surface area contributed by atoms with Gasteiger partial charge in [0, 0.05) is 12.2 Å². The number of amides is 1. The maximum absolute atomic E-state index is 12.3.